The van der Waals surface area contributed by atoms with Gasteiger partial charge in [0.05, 0.1) is 0 Å². The van der Waals surface area contributed by atoms with Crippen molar-refractivity contribution in [2.45, 2.75) is 65.3 Å². The number of likely N-dealkylation sites (tertiary alicyclic amines) is 1. The van der Waals surface area contributed by atoms with Gasteiger partial charge in [-0.2, -0.15) is 0 Å². The summed E-state index contributed by atoms with van der Waals surface area (Å²) in [6.45, 7) is 12.0. The van der Waals surface area contributed by atoms with Crippen molar-refractivity contribution in [1.82, 2.24) is 10.2 Å². The molecular weight excluding hydrogens is 220 g/mol. The van der Waals surface area contributed by atoms with Crippen LogP contribution in [0.2, 0.25) is 0 Å². The van der Waals surface area contributed by atoms with Gasteiger partial charge in [-0.05, 0) is 56.7 Å². The fraction of sp³-hybridized carbons (Fsp3) is 1.00. The summed E-state index contributed by atoms with van der Waals surface area (Å²) in [6.07, 6.45) is 8.97. The van der Waals surface area contributed by atoms with Crippen LogP contribution in [0.15, 0.2) is 0 Å². The first-order valence-electron chi connectivity index (χ1n) is 8.05. The first-order valence-corrected chi connectivity index (χ1v) is 8.05. The Labute approximate surface area is 114 Å². The van der Waals surface area contributed by atoms with Crippen LogP contribution in [-0.2, 0) is 0 Å². The van der Waals surface area contributed by atoms with Gasteiger partial charge < -0.3 is 10.2 Å². The Morgan fingerprint density at radius 3 is 2.17 bits per heavy atom. The highest BCUT2D eigenvalue weighted by atomic mass is 15.1. The quantitative estimate of drug-likeness (QED) is 0.808. The van der Waals surface area contributed by atoms with Crippen LogP contribution in [-0.4, -0.2) is 37.1 Å². The maximum absolute atomic E-state index is 3.56. The monoisotopic (exact) mass is 252 g/mol. The van der Waals surface area contributed by atoms with E-state index in [-0.39, 0.29) is 0 Å². The lowest BCUT2D eigenvalue weighted by atomic mass is 9.77. The highest BCUT2D eigenvalue weighted by molar-refractivity contribution is 4.89. The predicted molar refractivity (Wildman–Crippen MR) is 78.9 cm³/mol. The third-order valence-electron chi connectivity index (χ3n) is 5.03. The summed E-state index contributed by atoms with van der Waals surface area (Å²) < 4.78 is 0. The Morgan fingerprint density at radius 1 is 1.00 bits per heavy atom. The molecule has 0 aromatic heterocycles. The summed E-state index contributed by atoms with van der Waals surface area (Å²) in [5.74, 6) is 0.782. The molecule has 106 valence electrons. The third kappa shape index (κ3) is 3.96. The molecule has 1 saturated heterocycles. The van der Waals surface area contributed by atoms with Gasteiger partial charge in [-0.3, -0.25) is 0 Å². The highest BCUT2D eigenvalue weighted by Crippen LogP contribution is 2.46. The Morgan fingerprint density at radius 2 is 1.61 bits per heavy atom. The van der Waals surface area contributed by atoms with E-state index >= 15 is 0 Å². The molecule has 0 bridgehead atoms. The number of piperidine rings is 1. The number of nitrogens with one attached hydrogen (secondary N) is 1. The molecule has 0 radical (unpaired) electrons. The predicted octanol–water partition coefficient (Wildman–Crippen LogP) is 3.28. The van der Waals surface area contributed by atoms with Crippen LogP contribution in [0.5, 0.6) is 0 Å². The van der Waals surface area contributed by atoms with E-state index in [1.54, 1.807) is 0 Å². The van der Waals surface area contributed by atoms with Gasteiger partial charge in [0.1, 0.15) is 0 Å². The van der Waals surface area contributed by atoms with Gasteiger partial charge in [0.2, 0.25) is 0 Å². The number of hydrogen-bond acceptors (Lipinski definition) is 2. The van der Waals surface area contributed by atoms with E-state index in [9.17, 15) is 0 Å². The smallest absolute Gasteiger partial charge is 0.00192 e. The molecule has 2 heteroatoms. The minimum absolute atomic E-state index is 0.621. The van der Waals surface area contributed by atoms with E-state index in [1.807, 2.05) is 0 Å². The second-order valence-electron chi connectivity index (χ2n) is 7.18. The van der Waals surface area contributed by atoms with Gasteiger partial charge in [-0.15, -0.1) is 0 Å². The molecule has 0 aromatic rings. The first-order chi connectivity index (χ1) is 8.60. The molecule has 0 aromatic carbocycles. The van der Waals surface area contributed by atoms with Crippen molar-refractivity contribution < 1.29 is 0 Å². The fourth-order valence-corrected chi connectivity index (χ4v) is 3.78. The zero-order valence-corrected chi connectivity index (χ0v) is 12.7. The van der Waals surface area contributed by atoms with Gasteiger partial charge in [-0.1, -0.05) is 33.6 Å². The summed E-state index contributed by atoms with van der Waals surface area (Å²) in [5, 5.41) is 3.56. The standard InChI is InChI=1S/C16H32N2/c1-14(2)17-12-15(3)13-18-10-8-16(9-11-18)6-4-5-7-16/h14-15,17H,4-13H2,1-3H3. The summed E-state index contributed by atoms with van der Waals surface area (Å²) in [7, 11) is 0. The van der Waals surface area contributed by atoms with Crippen molar-refractivity contribution >= 4 is 0 Å². The van der Waals surface area contributed by atoms with Gasteiger partial charge >= 0.3 is 0 Å². The fourth-order valence-electron chi connectivity index (χ4n) is 3.78. The third-order valence-corrected chi connectivity index (χ3v) is 5.03. The molecule has 1 unspecified atom stereocenters. The molecule has 2 fully saturated rings. The molecule has 1 aliphatic carbocycles. The highest BCUT2D eigenvalue weighted by Gasteiger charge is 2.36. The molecule has 2 nitrogen and oxygen atoms in total. The normalized spacial score (nSPS) is 26.0. The van der Waals surface area contributed by atoms with E-state index in [2.05, 4.69) is 31.0 Å². The lowest BCUT2D eigenvalue weighted by Gasteiger charge is -2.40. The van der Waals surface area contributed by atoms with E-state index in [0.717, 1.165) is 11.3 Å². The average molecular weight is 252 g/mol. The van der Waals surface area contributed by atoms with Crippen molar-refractivity contribution in [3.63, 3.8) is 0 Å². The molecule has 1 aliphatic heterocycles. The van der Waals surface area contributed by atoms with Gasteiger partial charge in [0.25, 0.3) is 0 Å². The first kappa shape index (κ1) is 14.3. The van der Waals surface area contributed by atoms with E-state index in [0.29, 0.717) is 6.04 Å². The van der Waals surface area contributed by atoms with Crippen LogP contribution in [0.1, 0.15) is 59.3 Å². The van der Waals surface area contributed by atoms with Gasteiger partial charge in [0.15, 0.2) is 0 Å². The van der Waals surface area contributed by atoms with Crippen molar-refractivity contribution in [2.24, 2.45) is 11.3 Å². The summed E-state index contributed by atoms with van der Waals surface area (Å²) in [5.41, 5.74) is 0.774. The van der Waals surface area contributed by atoms with Crippen LogP contribution in [0.4, 0.5) is 0 Å². The summed E-state index contributed by atoms with van der Waals surface area (Å²) in [4.78, 5) is 2.70. The molecule has 1 heterocycles. The van der Waals surface area contributed by atoms with Crippen LogP contribution >= 0.6 is 0 Å². The Kier molecular flexibility index (Phi) is 5.08. The maximum atomic E-state index is 3.56. The number of rotatable bonds is 5. The van der Waals surface area contributed by atoms with Crippen molar-refractivity contribution in [1.29, 1.82) is 0 Å². The summed E-state index contributed by atoms with van der Waals surface area (Å²) in [6, 6.07) is 0.621. The largest absolute Gasteiger partial charge is 0.314 e. The minimum atomic E-state index is 0.621. The van der Waals surface area contributed by atoms with Gasteiger partial charge in [-0.25, -0.2) is 0 Å². The Bertz CT molecular complexity index is 233. The van der Waals surface area contributed by atoms with Crippen molar-refractivity contribution in [3.05, 3.63) is 0 Å². The SMILES string of the molecule is CC(CNC(C)C)CN1CCC2(CCCC2)CC1. The zero-order valence-electron chi connectivity index (χ0n) is 12.7. The molecule has 1 N–H and O–H groups in total. The van der Waals surface area contributed by atoms with E-state index in [1.165, 1.54) is 64.7 Å². The number of nitrogens with zero attached hydrogens (tertiary/aromatic N) is 1. The molecule has 2 aliphatic rings. The zero-order chi connectivity index (χ0) is 13.0. The molecule has 0 amide bonds. The maximum Gasteiger partial charge on any atom is 0.00192 e. The molecule has 2 rings (SSSR count). The molecule has 18 heavy (non-hydrogen) atoms. The Balaban J connectivity index is 1.66. The second kappa shape index (κ2) is 6.38. The van der Waals surface area contributed by atoms with Crippen LogP contribution in [0.3, 0.4) is 0 Å². The van der Waals surface area contributed by atoms with E-state index in [4.69, 9.17) is 0 Å². The second-order valence-corrected chi connectivity index (χ2v) is 7.18. The average Bonchev–Trinajstić information content (AvgIpc) is 2.79. The van der Waals surface area contributed by atoms with Crippen LogP contribution in [0, 0.1) is 11.3 Å². The molecule has 1 atom stereocenters. The van der Waals surface area contributed by atoms with Crippen LogP contribution < -0.4 is 5.32 Å². The minimum Gasteiger partial charge on any atom is -0.314 e. The Hall–Kier alpha value is -0.0800. The summed E-state index contributed by atoms with van der Waals surface area (Å²) >= 11 is 0. The van der Waals surface area contributed by atoms with Crippen molar-refractivity contribution in [2.75, 3.05) is 26.2 Å². The topological polar surface area (TPSA) is 15.3 Å². The number of hydrogen-bond donors (Lipinski definition) is 1. The lowest BCUT2D eigenvalue weighted by Crippen LogP contribution is -2.42. The van der Waals surface area contributed by atoms with Crippen molar-refractivity contribution in [3.8, 4) is 0 Å². The van der Waals surface area contributed by atoms with Crippen LogP contribution in [0.25, 0.3) is 0 Å². The molecule has 1 spiro atoms. The molecule has 1 saturated carbocycles. The van der Waals surface area contributed by atoms with Gasteiger partial charge in [0, 0.05) is 12.6 Å². The van der Waals surface area contributed by atoms with E-state index < -0.39 is 0 Å². The lowest BCUT2D eigenvalue weighted by molar-refractivity contribution is 0.0974. The molecular formula is C16H32N2.